The predicted molar refractivity (Wildman–Crippen MR) is 61.6 cm³/mol. The number of hydrogen-bond acceptors (Lipinski definition) is 3. The van der Waals surface area contributed by atoms with Crippen LogP contribution in [-0.4, -0.2) is 10.1 Å². The van der Waals surface area contributed by atoms with Crippen molar-refractivity contribution in [3.63, 3.8) is 0 Å². The Kier molecular flexibility index (Phi) is 3.02. The summed E-state index contributed by atoms with van der Waals surface area (Å²) in [6.45, 7) is 3.81. The second kappa shape index (κ2) is 4.33. The summed E-state index contributed by atoms with van der Waals surface area (Å²) in [5.41, 5.74) is 0.884. The monoisotopic (exact) mass is 256 g/mol. The molecule has 0 aliphatic heterocycles. The summed E-state index contributed by atoms with van der Waals surface area (Å²) in [5, 5.41) is 3.47. The third-order valence-corrected chi connectivity index (χ3v) is 2.72. The Morgan fingerprint density at radius 2 is 2.18 bits per heavy atom. The molecule has 2 rings (SSSR count). The average molecular weight is 257 g/mol. The van der Waals surface area contributed by atoms with Gasteiger partial charge >= 0.3 is 5.76 Å². The molecule has 1 aromatic heterocycles. The zero-order valence-corrected chi connectivity index (χ0v) is 10.0. The number of hydrogen-bond donors (Lipinski definition) is 1. The largest absolute Gasteiger partial charge is 0.439 e. The Bertz CT molecular complexity index is 604. The van der Waals surface area contributed by atoms with E-state index in [1.165, 1.54) is 6.07 Å². The van der Waals surface area contributed by atoms with Crippen molar-refractivity contribution in [2.24, 2.45) is 0 Å². The van der Waals surface area contributed by atoms with E-state index >= 15 is 0 Å². The summed E-state index contributed by atoms with van der Waals surface area (Å²) in [6, 6.07) is 3.19. The first-order chi connectivity index (χ1) is 8.00. The molecule has 0 bridgehead atoms. The molecule has 0 radical (unpaired) electrons. The van der Waals surface area contributed by atoms with Crippen molar-refractivity contribution in [2.75, 3.05) is 0 Å². The van der Waals surface area contributed by atoms with Crippen LogP contribution in [0.2, 0.25) is 5.02 Å². The van der Waals surface area contributed by atoms with Gasteiger partial charge in [0.25, 0.3) is 0 Å². The first kappa shape index (κ1) is 11.9. The van der Waals surface area contributed by atoms with E-state index in [1.54, 1.807) is 6.07 Å². The van der Waals surface area contributed by atoms with Crippen LogP contribution in [0.15, 0.2) is 21.5 Å². The van der Waals surface area contributed by atoms with Gasteiger partial charge in [0.05, 0.1) is 10.6 Å². The molecular formula is C11H10ClFN2O2. The van der Waals surface area contributed by atoms with Gasteiger partial charge in [-0.2, -0.15) is 0 Å². The average Bonchev–Trinajstić information content (AvgIpc) is 2.68. The maximum atomic E-state index is 14.0. The van der Waals surface area contributed by atoms with E-state index in [0.717, 1.165) is 0 Å². The Morgan fingerprint density at radius 1 is 1.47 bits per heavy atom. The van der Waals surface area contributed by atoms with Crippen LogP contribution in [0.25, 0.3) is 11.4 Å². The molecule has 0 aliphatic rings. The standard InChI is InChI=1S/C11H10ClFN2O2/c1-5(2)6-3-4-7(12)9(13)8(6)10-14-11(16)17-15-10/h3-5H,1-2H3,(H,14,15,16). The van der Waals surface area contributed by atoms with Gasteiger partial charge in [0, 0.05) is 0 Å². The lowest BCUT2D eigenvalue weighted by atomic mass is 9.96. The Morgan fingerprint density at radius 3 is 2.71 bits per heavy atom. The molecule has 1 N–H and O–H groups in total. The maximum absolute atomic E-state index is 14.0. The highest BCUT2D eigenvalue weighted by atomic mass is 35.5. The van der Waals surface area contributed by atoms with Crippen LogP contribution < -0.4 is 5.76 Å². The van der Waals surface area contributed by atoms with Crippen LogP contribution in [0, 0.1) is 5.82 Å². The van der Waals surface area contributed by atoms with Gasteiger partial charge in [-0.25, -0.2) is 9.18 Å². The van der Waals surface area contributed by atoms with Crippen molar-refractivity contribution in [3.05, 3.63) is 39.1 Å². The summed E-state index contributed by atoms with van der Waals surface area (Å²) >= 11 is 5.72. The molecule has 2 aromatic rings. The van der Waals surface area contributed by atoms with Gasteiger partial charge < -0.3 is 0 Å². The molecule has 4 nitrogen and oxygen atoms in total. The molecule has 0 spiro atoms. The molecule has 1 aromatic carbocycles. The number of H-pyrrole nitrogens is 1. The van der Waals surface area contributed by atoms with Gasteiger partial charge in [0.15, 0.2) is 11.6 Å². The quantitative estimate of drug-likeness (QED) is 0.899. The number of nitrogens with one attached hydrogen (secondary N) is 1. The van der Waals surface area contributed by atoms with Gasteiger partial charge in [-0.3, -0.25) is 9.51 Å². The van der Waals surface area contributed by atoms with Crippen LogP contribution >= 0.6 is 11.6 Å². The Hall–Kier alpha value is -1.62. The molecule has 0 atom stereocenters. The molecule has 90 valence electrons. The van der Waals surface area contributed by atoms with Crippen molar-refractivity contribution in [3.8, 4) is 11.4 Å². The number of halogens is 2. The van der Waals surface area contributed by atoms with E-state index < -0.39 is 11.6 Å². The molecule has 0 fully saturated rings. The normalized spacial score (nSPS) is 11.1. The van der Waals surface area contributed by atoms with Gasteiger partial charge in [0.2, 0.25) is 0 Å². The van der Waals surface area contributed by atoms with Crippen LogP contribution in [0.1, 0.15) is 25.3 Å². The maximum Gasteiger partial charge on any atom is 0.439 e. The second-order valence-electron chi connectivity index (χ2n) is 3.92. The second-order valence-corrected chi connectivity index (χ2v) is 4.33. The fourth-order valence-corrected chi connectivity index (χ4v) is 1.78. The number of aromatic amines is 1. The molecular weight excluding hydrogens is 247 g/mol. The highest BCUT2D eigenvalue weighted by molar-refractivity contribution is 6.31. The van der Waals surface area contributed by atoms with E-state index in [0.29, 0.717) is 5.56 Å². The first-order valence-electron chi connectivity index (χ1n) is 5.05. The van der Waals surface area contributed by atoms with E-state index in [9.17, 15) is 9.18 Å². The van der Waals surface area contributed by atoms with Crippen LogP contribution in [0.4, 0.5) is 4.39 Å². The number of rotatable bonds is 2. The molecule has 0 unspecified atom stereocenters. The SMILES string of the molecule is CC(C)c1ccc(Cl)c(F)c1-c1noc(=O)[nH]1. The zero-order valence-electron chi connectivity index (χ0n) is 9.25. The summed E-state index contributed by atoms with van der Waals surface area (Å²) < 4.78 is 18.4. The highest BCUT2D eigenvalue weighted by Crippen LogP contribution is 2.32. The molecule has 6 heteroatoms. The number of aromatic nitrogens is 2. The Balaban J connectivity index is 2.73. The van der Waals surface area contributed by atoms with E-state index in [4.69, 9.17) is 11.6 Å². The molecule has 0 aliphatic carbocycles. The Labute approximate surface area is 101 Å². The summed E-state index contributed by atoms with van der Waals surface area (Å²) in [5.74, 6) is -1.22. The minimum Gasteiger partial charge on any atom is -0.296 e. The van der Waals surface area contributed by atoms with Crippen LogP contribution in [0.3, 0.4) is 0 Å². The molecule has 17 heavy (non-hydrogen) atoms. The van der Waals surface area contributed by atoms with E-state index in [-0.39, 0.29) is 22.3 Å². The van der Waals surface area contributed by atoms with Crippen LogP contribution in [0.5, 0.6) is 0 Å². The molecule has 0 amide bonds. The lowest BCUT2D eigenvalue weighted by molar-refractivity contribution is 0.387. The smallest absolute Gasteiger partial charge is 0.296 e. The zero-order chi connectivity index (χ0) is 12.6. The number of benzene rings is 1. The fourth-order valence-electron chi connectivity index (χ4n) is 1.62. The summed E-state index contributed by atoms with van der Waals surface area (Å²) in [4.78, 5) is 13.2. The summed E-state index contributed by atoms with van der Waals surface area (Å²) in [7, 11) is 0. The van der Waals surface area contributed by atoms with Crippen LogP contribution in [-0.2, 0) is 0 Å². The van der Waals surface area contributed by atoms with Gasteiger partial charge in [-0.15, -0.1) is 0 Å². The van der Waals surface area contributed by atoms with Crippen molar-refractivity contribution < 1.29 is 8.91 Å². The highest BCUT2D eigenvalue weighted by Gasteiger charge is 2.19. The third kappa shape index (κ3) is 2.10. The van der Waals surface area contributed by atoms with Crippen molar-refractivity contribution in [1.82, 2.24) is 10.1 Å². The third-order valence-electron chi connectivity index (χ3n) is 2.43. The minimum atomic E-state index is -0.728. The fraction of sp³-hybridized carbons (Fsp3) is 0.273. The van der Waals surface area contributed by atoms with Gasteiger partial charge in [0.1, 0.15) is 0 Å². The number of nitrogens with zero attached hydrogens (tertiary/aromatic N) is 1. The van der Waals surface area contributed by atoms with E-state index in [1.807, 2.05) is 13.8 Å². The topological polar surface area (TPSA) is 58.9 Å². The molecule has 1 heterocycles. The predicted octanol–water partition coefficient (Wildman–Crippen LogP) is 2.95. The molecule has 0 saturated carbocycles. The van der Waals surface area contributed by atoms with Gasteiger partial charge in [-0.05, 0) is 17.5 Å². The van der Waals surface area contributed by atoms with Crippen molar-refractivity contribution >= 4 is 11.6 Å². The molecule has 0 saturated heterocycles. The van der Waals surface area contributed by atoms with E-state index in [2.05, 4.69) is 14.7 Å². The van der Waals surface area contributed by atoms with Crippen molar-refractivity contribution in [1.29, 1.82) is 0 Å². The lowest BCUT2D eigenvalue weighted by Crippen LogP contribution is -2.00. The first-order valence-corrected chi connectivity index (χ1v) is 5.42. The van der Waals surface area contributed by atoms with Gasteiger partial charge in [-0.1, -0.05) is 36.7 Å². The lowest BCUT2D eigenvalue weighted by Gasteiger charge is -2.11. The summed E-state index contributed by atoms with van der Waals surface area (Å²) in [6.07, 6.45) is 0. The van der Waals surface area contributed by atoms with Crippen molar-refractivity contribution in [2.45, 2.75) is 19.8 Å². The minimum absolute atomic E-state index is 0.0201.